The predicted octanol–water partition coefficient (Wildman–Crippen LogP) is 3.51. The first-order valence-electron chi connectivity index (χ1n) is 7.87. The minimum Gasteiger partial charge on any atom is -0.392 e. The van der Waals surface area contributed by atoms with Crippen LogP contribution in [0.15, 0.2) is 30.3 Å². The van der Waals surface area contributed by atoms with E-state index in [2.05, 4.69) is 23.4 Å². The van der Waals surface area contributed by atoms with Crippen molar-refractivity contribution in [2.45, 2.75) is 52.0 Å². The van der Waals surface area contributed by atoms with Gasteiger partial charge in [-0.15, -0.1) is 0 Å². The van der Waals surface area contributed by atoms with Gasteiger partial charge in [-0.3, -0.25) is 0 Å². The fourth-order valence-electron chi connectivity index (χ4n) is 2.98. The monoisotopic (exact) mass is 330 g/mol. The van der Waals surface area contributed by atoms with Crippen LogP contribution in [0, 0.1) is 4.64 Å². The Bertz CT molecular complexity index is 767. The maximum absolute atomic E-state index is 9.97. The Morgan fingerprint density at radius 2 is 2.04 bits per heavy atom. The summed E-state index contributed by atoms with van der Waals surface area (Å²) in [5.41, 5.74) is 2.86. The second-order valence-electron chi connectivity index (χ2n) is 6.72. The SMILES string of the molecule is C[C@H](O)Cn1c(-c2ccccc2)nc(=S)c2c1CC(C)(C)OC2. The Kier molecular flexibility index (Phi) is 4.36. The van der Waals surface area contributed by atoms with Crippen molar-refractivity contribution in [3.05, 3.63) is 46.2 Å². The van der Waals surface area contributed by atoms with E-state index in [1.165, 1.54) is 0 Å². The second-order valence-corrected chi connectivity index (χ2v) is 7.10. The number of aromatic nitrogens is 2. The second kappa shape index (κ2) is 6.15. The molecule has 0 fully saturated rings. The van der Waals surface area contributed by atoms with Gasteiger partial charge < -0.3 is 14.4 Å². The Morgan fingerprint density at radius 1 is 1.35 bits per heavy atom. The fraction of sp³-hybridized carbons (Fsp3) is 0.444. The lowest BCUT2D eigenvalue weighted by atomic mass is 9.95. The maximum atomic E-state index is 9.97. The minimum absolute atomic E-state index is 0.246. The number of benzene rings is 1. The van der Waals surface area contributed by atoms with Crippen molar-refractivity contribution in [2.75, 3.05) is 0 Å². The van der Waals surface area contributed by atoms with Gasteiger partial charge in [-0.1, -0.05) is 42.5 Å². The zero-order valence-electron chi connectivity index (χ0n) is 13.7. The molecule has 0 bridgehead atoms. The van der Waals surface area contributed by atoms with Crippen LogP contribution in [-0.4, -0.2) is 26.4 Å². The van der Waals surface area contributed by atoms with E-state index in [0.717, 1.165) is 29.1 Å². The topological polar surface area (TPSA) is 47.3 Å². The van der Waals surface area contributed by atoms with Gasteiger partial charge in [0, 0.05) is 23.2 Å². The summed E-state index contributed by atoms with van der Waals surface area (Å²) in [6.45, 7) is 6.91. The molecule has 2 heterocycles. The number of rotatable bonds is 3. The highest BCUT2D eigenvalue weighted by atomic mass is 32.1. The minimum atomic E-state index is -0.463. The van der Waals surface area contributed by atoms with Crippen LogP contribution in [0.4, 0.5) is 0 Å². The number of aliphatic hydroxyl groups is 1. The van der Waals surface area contributed by atoms with Gasteiger partial charge in [-0.05, 0) is 20.8 Å². The normalized spacial score (nSPS) is 17.6. The van der Waals surface area contributed by atoms with E-state index in [1.807, 2.05) is 30.3 Å². The molecule has 2 aromatic rings. The number of ether oxygens (including phenoxy) is 1. The first-order chi connectivity index (χ1) is 10.9. The highest BCUT2D eigenvalue weighted by molar-refractivity contribution is 7.71. The average Bonchev–Trinajstić information content (AvgIpc) is 2.49. The van der Waals surface area contributed by atoms with Crippen LogP contribution >= 0.6 is 12.2 Å². The number of hydrogen-bond donors (Lipinski definition) is 1. The van der Waals surface area contributed by atoms with Gasteiger partial charge in [0.15, 0.2) is 0 Å². The van der Waals surface area contributed by atoms with E-state index < -0.39 is 6.10 Å². The van der Waals surface area contributed by atoms with E-state index in [1.54, 1.807) is 6.92 Å². The van der Waals surface area contributed by atoms with Crippen LogP contribution in [0.5, 0.6) is 0 Å². The average molecular weight is 330 g/mol. The third-order valence-electron chi connectivity index (χ3n) is 4.07. The molecule has 5 heteroatoms. The third-order valence-corrected chi connectivity index (χ3v) is 4.41. The molecular formula is C18H22N2O2S. The molecule has 0 aliphatic carbocycles. The summed E-state index contributed by atoms with van der Waals surface area (Å²) in [6, 6.07) is 9.99. The number of hydrogen-bond acceptors (Lipinski definition) is 4. The van der Waals surface area contributed by atoms with Gasteiger partial charge in [0.05, 0.1) is 24.9 Å². The third kappa shape index (κ3) is 3.37. The van der Waals surface area contributed by atoms with E-state index in [9.17, 15) is 5.11 Å². The number of aliphatic hydroxyl groups excluding tert-OH is 1. The first kappa shape index (κ1) is 16.3. The van der Waals surface area contributed by atoms with E-state index in [4.69, 9.17) is 17.0 Å². The molecule has 1 aliphatic rings. The molecule has 0 radical (unpaired) electrons. The lowest BCUT2D eigenvalue weighted by molar-refractivity contribution is -0.0432. The zero-order valence-corrected chi connectivity index (χ0v) is 14.6. The highest BCUT2D eigenvalue weighted by Gasteiger charge is 2.30. The Hall–Kier alpha value is -1.56. The van der Waals surface area contributed by atoms with Crippen LogP contribution in [0.1, 0.15) is 32.0 Å². The summed E-state index contributed by atoms with van der Waals surface area (Å²) in [4.78, 5) is 4.64. The lowest BCUT2D eigenvalue weighted by Crippen LogP contribution is -2.36. The molecule has 4 nitrogen and oxygen atoms in total. The van der Waals surface area contributed by atoms with Crippen molar-refractivity contribution in [2.24, 2.45) is 0 Å². The van der Waals surface area contributed by atoms with E-state index in [0.29, 0.717) is 17.8 Å². The maximum Gasteiger partial charge on any atom is 0.141 e. The predicted molar refractivity (Wildman–Crippen MR) is 92.7 cm³/mol. The summed E-state index contributed by atoms with van der Waals surface area (Å²) in [5.74, 6) is 0.813. The number of nitrogens with zero attached hydrogens (tertiary/aromatic N) is 2. The van der Waals surface area contributed by atoms with Gasteiger partial charge in [0.2, 0.25) is 0 Å². The lowest BCUT2D eigenvalue weighted by Gasteiger charge is -2.34. The van der Waals surface area contributed by atoms with Crippen LogP contribution < -0.4 is 0 Å². The number of fused-ring (bicyclic) bond motifs is 1. The molecular weight excluding hydrogens is 308 g/mol. The molecule has 1 N–H and O–H groups in total. The summed E-state index contributed by atoms with van der Waals surface area (Å²) < 4.78 is 8.60. The molecule has 1 aromatic heterocycles. The molecule has 122 valence electrons. The smallest absolute Gasteiger partial charge is 0.141 e. The Labute approximate surface area is 141 Å². The van der Waals surface area contributed by atoms with Gasteiger partial charge in [0.1, 0.15) is 10.5 Å². The summed E-state index contributed by atoms with van der Waals surface area (Å²) in [5, 5.41) is 9.97. The summed E-state index contributed by atoms with van der Waals surface area (Å²) >= 11 is 5.51. The van der Waals surface area contributed by atoms with Crippen molar-refractivity contribution >= 4 is 12.2 Å². The fourth-order valence-corrected chi connectivity index (χ4v) is 3.24. The van der Waals surface area contributed by atoms with Gasteiger partial charge in [-0.25, -0.2) is 4.98 Å². The summed E-state index contributed by atoms with van der Waals surface area (Å²) in [6.07, 6.45) is 0.288. The van der Waals surface area contributed by atoms with Crippen molar-refractivity contribution in [1.82, 2.24) is 9.55 Å². The molecule has 0 saturated carbocycles. The molecule has 0 spiro atoms. The molecule has 0 amide bonds. The van der Waals surface area contributed by atoms with Gasteiger partial charge in [-0.2, -0.15) is 0 Å². The van der Waals surface area contributed by atoms with Crippen molar-refractivity contribution < 1.29 is 9.84 Å². The van der Waals surface area contributed by atoms with Crippen molar-refractivity contribution in [1.29, 1.82) is 0 Å². The molecule has 1 aromatic carbocycles. The largest absolute Gasteiger partial charge is 0.392 e. The van der Waals surface area contributed by atoms with E-state index >= 15 is 0 Å². The van der Waals surface area contributed by atoms with E-state index in [-0.39, 0.29) is 5.60 Å². The molecule has 1 atom stereocenters. The molecule has 3 rings (SSSR count). The quantitative estimate of drug-likeness (QED) is 0.875. The Morgan fingerprint density at radius 3 is 2.70 bits per heavy atom. The molecule has 0 saturated heterocycles. The molecule has 1 aliphatic heterocycles. The Balaban J connectivity index is 2.24. The summed E-state index contributed by atoms with van der Waals surface area (Å²) in [7, 11) is 0. The van der Waals surface area contributed by atoms with Crippen LogP contribution in [-0.2, 0) is 24.3 Å². The van der Waals surface area contributed by atoms with Crippen LogP contribution in [0.3, 0.4) is 0 Å². The standard InChI is InChI=1S/C18H22N2O2S/c1-12(21)10-20-15-9-18(2,3)22-11-14(15)17(23)19-16(20)13-7-5-4-6-8-13/h4-8,12,21H,9-11H2,1-3H3/t12-/m0/s1. The highest BCUT2D eigenvalue weighted by Crippen LogP contribution is 2.31. The van der Waals surface area contributed by atoms with Gasteiger partial charge >= 0.3 is 0 Å². The van der Waals surface area contributed by atoms with Crippen LogP contribution in [0.2, 0.25) is 0 Å². The van der Waals surface area contributed by atoms with Crippen LogP contribution in [0.25, 0.3) is 11.4 Å². The van der Waals surface area contributed by atoms with Crippen molar-refractivity contribution in [3.8, 4) is 11.4 Å². The van der Waals surface area contributed by atoms with Crippen molar-refractivity contribution in [3.63, 3.8) is 0 Å². The van der Waals surface area contributed by atoms with Gasteiger partial charge in [0.25, 0.3) is 0 Å². The first-order valence-corrected chi connectivity index (χ1v) is 8.28. The molecule has 23 heavy (non-hydrogen) atoms. The molecule has 0 unspecified atom stereocenters. The zero-order chi connectivity index (χ0) is 16.6.